The average Bonchev–Trinajstić information content (AvgIpc) is 2.99. The Morgan fingerprint density at radius 2 is 2.14 bits per heavy atom. The third kappa shape index (κ3) is 2.97. The number of hydrogen-bond acceptors (Lipinski definition) is 4. The predicted molar refractivity (Wildman–Crippen MR) is 91.3 cm³/mol. The van der Waals surface area contributed by atoms with Crippen molar-refractivity contribution in [3.8, 4) is 0 Å². The summed E-state index contributed by atoms with van der Waals surface area (Å²) in [6, 6.07) is 0.418. The molecule has 4 nitrogen and oxygen atoms in total. The summed E-state index contributed by atoms with van der Waals surface area (Å²) in [6.07, 6.45) is 5.64. The van der Waals surface area contributed by atoms with Crippen LogP contribution in [0.15, 0.2) is 6.20 Å². The lowest BCUT2D eigenvalue weighted by Gasteiger charge is -2.28. The van der Waals surface area contributed by atoms with E-state index in [9.17, 15) is 0 Å². The van der Waals surface area contributed by atoms with E-state index in [1.54, 1.807) is 11.3 Å². The third-order valence-electron chi connectivity index (χ3n) is 4.33. The van der Waals surface area contributed by atoms with Crippen LogP contribution in [0.5, 0.6) is 0 Å². The van der Waals surface area contributed by atoms with Gasteiger partial charge in [-0.1, -0.05) is 0 Å². The van der Waals surface area contributed by atoms with Crippen LogP contribution >= 0.6 is 11.3 Å². The topological polar surface area (TPSA) is 42.7 Å². The molecule has 0 amide bonds. The summed E-state index contributed by atoms with van der Waals surface area (Å²) in [6.45, 7) is 11.8. The van der Waals surface area contributed by atoms with Crippen molar-refractivity contribution < 1.29 is 0 Å². The standard InChI is InChI=1S/C17H26N4S/c1-11-16(22-12(2)20-11)10-18-14-7-6-8-15-13(14)9-19-21(15)17(3,4)5/h9,14,18H,6-8,10H2,1-5H3/t14-/m1/s1. The molecule has 0 saturated heterocycles. The van der Waals surface area contributed by atoms with Gasteiger partial charge in [0.05, 0.1) is 22.4 Å². The Bertz CT molecular complexity index is 663. The SMILES string of the molecule is Cc1nc(C)c(CN[C@@H]2CCCc3c2cnn3C(C)(C)C)s1. The summed E-state index contributed by atoms with van der Waals surface area (Å²) >= 11 is 1.80. The Morgan fingerprint density at radius 3 is 2.77 bits per heavy atom. The second-order valence-corrected chi connectivity index (χ2v) is 8.48. The summed E-state index contributed by atoms with van der Waals surface area (Å²) in [4.78, 5) is 5.87. The smallest absolute Gasteiger partial charge is 0.0900 e. The van der Waals surface area contributed by atoms with Crippen LogP contribution in [0.2, 0.25) is 0 Å². The number of nitrogens with one attached hydrogen (secondary N) is 1. The summed E-state index contributed by atoms with van der Waals surface area (Å²) in [5.74, 6) is 0. The molecule has 5 heteroatoms. The second-order valence-electron chi connectivity index (χ2n) is 7.20. The average molecular weight is 318 g/mol. The fraction of sp³-hybridized carbons (Fsp3) is 0.647. The van der Waals surface area contributed by atoms with Gasteiger partial charge in [-0.3, -0.25) is 4.68 Å². The Hall–Kier alpha value is -1.20. The Labute approximate surface area is 137 Å². The molecule has 0 unspecified atom stereocenters. The third-order valence-corrected chi connectivity index (χ3v) is 5.40. The van der Waals surface area contributed by atoms with Crippen molar-refractivity contribution in [3.05, 3.63) is 33.0 Å². The van der Waals surface area contributed by atoms with Crippen molar-refractivity contribution in [2.24, 2.45) is 0 Å². The molecule has 0 aromatic carbocycles. The number of aromatic nitrogens is 3. The van der Waals surface area contributed by atoms with Crippen LogP contribution in [0, 0.1) is 13.8 Å². The molecule has 0 bridgehead atoms. The molecule has 22 heavy (non-hydrogen) atoms. The van der Waals surface area contributed by atoms with Crippen LogP contribution in [-0.2, 0) is 18.5 Å². The van der Waals surface area contributed by atoms with Crippen LogP contribution in [0.25, 0.3) is 0 Å². The maximum Gasteiger partial charge on any atom is 0.0900 e. The van der Waals surface area contributed by atoms with Crippen LogP contribution in [0.3, 0.4) is 0 Å². The summed E-state index contributed by atoms with van der Waals surface area (Å²) < 4.78 is 2.21. The predicted octanol–water partition coefficient (Wildman–Crippen LogP) is 3.88. The molecule has 1 atom stereocenters. The molecule has 2 aromatic heterocycles. The van der Waals surface area contributed by atoms with Gasteiger partial charge in [0.2, 0.25) is 0 Å². The zero-order chi connectivity index (χ0) is 15.9. The van der Waals surface area contributed by atoms with E-state index < -0.39 is 0 Å². The highest BCUT2D eigenvalue weighted by Crippen LogP contribution is 2.32. The Balaban J connectivity index is 1.78. The highest BCUT2D eigenvalue weighted by atomic mass is 32.1. The Kier molecular flexibility index (Phi) is 4.12. The van der Waals surface area contributed by atoms with Crippen molar-refractivity contribution in [1.82, 2.24) is 20.1 Å². The van der Waals surface area contributed by atoms with Gasteiger partial charge in [-0.15, -0.1) is 11.3 Å². The number of hydrogen-bond donors (Lipinski definition) is 1. The molecule has 1 aliphatic carbocycles. The zero-order valence-electron chi connectivity index (χ0n) is 14.2. The van der Waals surface area contributed by atoms with E-state index in [0.717, 1.165) is 23.7 Å². The van der Waals surface area contributed by atoms with Gasteiger partial charge in [-0.25, -0.2) is 4.98 Å². The fourth-order valence-corrected chi connectivity index (χ4v) is 4.19. The monoisotopic (exact) mass is 318 g/mol. The maximum atomic E-state index is 4.66. The largest absolute Gasteiger partial charge is 0.305 e. The van der Waals surface area contributed by atoms with E-state index >= 15 is 0 Å². The van der Waals surface area contributed by atoms with Crippen LogP contribution in [0.4, 0.5) is 0 Å². The van der Waals surface area contributed by atoms with E-state index in [2.05, 4.69) is 60.9 Å². The first-order valence-corrected chi connectivity index (χ1v) is 8.91. The first kappa shape index (κ1) is 15.7. The summed E-state index contributed by atoms with van der Waals surface area (Å²) in [5, 5.41) is 9.55. The van der Waals surface area contributed by atoms with Crippen LogP contribution < -0.4 is 5.32 Å². The summed E-state index contributed by atoms with van der Waals surface area (Å²) in [5.41, 5.74) is 4.02. The highest BCUT2D eigenvalue weighted by Gasteiger charge is 2.27. The van der Waals surface area contributed by atoms with Gasteiger partial charge in [-0.05, 0) is 53.9 Å². The molecular weight excluding hydrogens is 292 g/mol. The molecule has 2 aromatic rings. The van der Waals surface area contributed by atoms with Gasteiger partial charge in [0, 0.05) is 28.7 Å². The number of thiazole rings is 1. The van der Waals surface area contributed by atoms with Crippen molar-refractivity contribution in [3.63, 3.8) is 0 Å². The first-order valence-electron chi connectivity index (χ1n) is 8.10. The molecule has 3 rings (SSSR count). The molecule has 120 valence electrons. The molecule has 0 radical (unpaired) electrons. The van der Waals surface area contributed by atoms with Gasteiger partial charge in [0.25, 0.3) is 0 Å². The van der Waals surface area contributed by atoms with Crippen molar-refractivity contribution in [2.45, 2.75) is 72.0 Å². The van der Waals surface area contributed by atoms with Gasteiger partial charge >= 0.3 is 0 Å². The van der Waals surface area contributed by atoms with Gasteiger partial charge in [-0.2, -0.15) is 5.10 Å². The minimum atomic E-state index is 0.0564. The van der Waals surface area contributed by atoms with E-state index in [4.69, 9.17) is 0 Å². The molecule has 2 heterocycles. The number of aryl methyl sites for hydroxylation is 2. The summed E-state index contributed by atoms with van der Waals surface area (Å²) in [7, 11) is 0. The van der Waals surface area contributed by atoms with Gasteiger partial charge in [0.15, 0.2) is 0 Å². The van der Waals surface area contributed by atoms with E-state index in [1.165, 1.54) is 29.0 Å². The molecule has 1 N–H and O–H groups in total. The lowest BCUT2D eigenvalue weighted by Crippen LogP contribution is -2.29. The quantitative estimate of drug-likeness (QED) is 0.934. The molecular formula is C17H26N4S. The molecule has 0 saturated carbocycles. The van der Waals surface area contributed by atoms with Crippen molar-refractivity contribution in [2.75, 3.05) is 0 Å². The minimum Gasteiger partial charge on any atom is -0.305 e. The van der Waals surface area contributed by atoms with E-state index in [-0.39, 0.29) is 5.54 Å². The van der Waals surface area contributed by atoms with E-state index in [1.807, 2.05) is 0 Å². The maximum absolute atomic E-state index is 4.66. The van der Waals surface area contributed by atoms with Gasteiger partial charge < -0.3 is 5.32 Å². The molecule has 0 fully saturated rings. The number of nitrogens with zero attached hydrogens (tertiary/aromatic N) is 3. The second kappa shape index (κ2) is 5.78. The first-order chi connectivity index (χ1) is 10.4. The lowest BCUT2D eigenvalue weighted by molar-refractivity contribution is 0.334. The van der Waals surface area contributed by atoms with Crippen molar-refractivity contribution in [1.29, 1.82) is 0 Å². The molecule has 1 aliphatic rings. The van der Waals surface area contributed by atoms with Crippen LogP contribution in [0.1, 0.15) is 66.5 Å². The van der Waals surface area contributed by atoms with Crippen LogP contribution in [-0.4, -0.2) is 14.8 Å². The highest BCUT2D eigenvalue weighted by molar-refractivity contribution is 7.11. The normalized spacial score (nSPS) is 18.5. The van der Waals surface area contributed by atoms with Crippen molar-refractivity contribution >= 4 is 11.3 Å². The fourth-order valence-electron chi connectivity index (χ4n) is 3.30. The van der Waals surface area contributed by atoms with Gasteiger partial charge in [0.1, 0.15) is 0 Å². The van der Waals surface area contributed by atoms with E-state index in [0.29, 0.717) is 6.04 Å². The number of fused-ring (bicyclic) bond motifs is 1. The molecule has 0 spiro atoms. The number of rotatable bonds is 3. The zero-order valence-corrected chi connectivity index (χ0v) is 15.0. The Morgan fingerprint density at radius 1 is 1.36 bits per heavy atom. The lowest BCUT2D eigenvalue weighted by atomic mass is 9.92. The minimum absolute atomic E-state index is 0.0564. The molecule has 0 aliphatic heterocycles.